The Morgan fingerprint density at radius 2 is 2.29 bits per heavy atom. The van der Waals surface area contributed by atoms with Crippen LogP contribution in [0.4, 0.5) is 0 Å². The van der Waals surface area contributed by atoms with Crippen LogP contribution in [0.3, 0.4) is 0 Å². The van der Waals surface area contributed by atoms with E-state index in [4.69, 9.17) is 4.74 Å². The molecule has 0 aromatic carbocycles. The average Bonchev–Trinajstić information content (AvgIpc) is 2.48. The van der Waals surface area contributed by atoms with Gasteiger partial charge in [0.25, 0.3) is 0 Å². The zero-order chi connectivity index (χ0) is 9.31. The molecule has 0 N–H and O–H groups in total. The molecule has 2 rings (SSSR count). The first-order valence-corrected chi connectivity index (χ1v) is 4.22. The minimum atomic E-state index is -0.105. The van der Waals surface area contributed by atoms with Gasteiger partial charge in [0.1, 0.15) is 5.90 Å². The molecule has 1 aliphatic heterocycles. The van der Waals surface area contributed by atoms with Gasteiger partial charge in [-0.3, -0.25) is 4.98 Å². The van der Waals surface area contributed by atoms with Gasteiger partial charge in [-0.25, -0.2) is 0 Å². The molecule has 0 aliphatic carbocycles. The van der Waals surface area contributed by atoms with E-state index in [0.717, 1.165) is 5.56 Å². The standard InChI is InChI=1S/C10H11N2O.Li/c1-10(2)7-13-9(12-10)8-3-5-11-6-4-8;/h3,5-6H,7H2,1-2H3;/q-1;+1. The molecule has 68 valence electrons. The zero-order valence-electron chi connectivity index (χ0n) is 8.74. The summed E-state index contributed by atoms with van der Waals surface area (Å²) in [6, 6.07) is 4.83. The molecule has 3 nitrogen and oxygen atoms in total. The van der Waals surface area contributed by atoms with Crippen molar-refractivity contribution in [2.24, 2.45) is 4.99 Å². The molecule has 4 heteroatoms. The van der Waals surface area contributed by atoms with Gasteiger partial charge in [-0.05, 0) is 26.2 Å². The van der Waals surface area contributed by atoms with E-state index < -0.39 is 0 Å². The monoisotopic (exact) mass is 182 g/mol. The molecule has 0 radical (unpaired) electrons. The predicted molar refractivity (Wildman–Crippen MR) is 49.6 cm³/mol. The third-order valence-corrected chi connectivity index (χ3v) is 1.82. The van der Waals surface area contributed by atoms with Gasteiger partial charge in [-0.2, -0.15) is 6.07 Å². The van der Waals surface area contributed by atoms with Crippen LogP contribution in [0.2, 0.25) is 0 Å². The number of pyridine rings is 1. The van der Waals surface area contributed by atoms with Gasteiger partial charge in [-0.1, -0.05) is 0 Å². The second-order valence-corrected chi connectivity index (χ2v) is 3.67. The molecule has 0 atom stereocenters. The third-order valence-electron chi connectivity index (χ3n) is 1.82. The summed E-state index contributed by atoms with van der Waals surface area (Å²) in [5.74, 6) is 0.674. The summed E-state index contributed by atoms with van der Waals surface area (Å²) in [5, 5.41) is 0. The van der Waals surface area contributed by atoms with E-state index in [0.29, 0.717) is 12.5 Å². The van der Waals surface area contributed by atoms with E-state index in [1.165, 1.54) is 0 Å². The molecular formula is C10H11LiN2O. The van der Waals surface area contributed by atoms with Crippen LogP contribution >= 0.6 is 0 Å². The van der Waals surface area contributed by atoms with E-state index in [9.17, 15) is 0 Å². The summed E-state index contributed by atoms with van der Waals surface area (Å²) in [6.07, 6.45) is 3.33. The Balaban J connectivity index is 0.000000980. The quantitative estimate of drug-likeness (QED) is 0.389. The molecule has 2 heterocycles. The summed E-state index contributed by atoms with van der Waals surface area (Å²) in [6.45, 7) is 4.72. The normalized spacial score (nSPS) is 18.0. The summed E-state index contributed by atoms with van der Waals surface area (Å²) in [7, 11) is 0. The van der Waals surface area contributed by atoms with Crippen LogP contribution in [0.15, 0.2) is 23.5 Å². The number of hydrogen-bond donors (Lipinski definition) is 0. The number of aliphatic imine (C=N–C) groups is 1. The Bertz CT molecular complexity index is 335. The second-order valence-electron chi connectivity index (χ2n) is 3.67. The van der Waals surface area contributed by atoms with Crippen molar-refractivity contribution in [3.05, 3.63) is 30.1 Å². The molecule has 0 saturated heterocycles. The second kappa shape index (κ2) is 4.16. The smallest absolute Gasteiger partial charge is 0.532 e. The third kappa shape index (κ3) is 2.37. The molecule has 0 spiro atoms. The zero-order valence-corrected chi connectivity index (χ0v) is 8.74. The summed E-state index contributed by atoms with van der Waals surface area (Å²) >= 11 is 0. The fourth-order valence-corrected chi connectivity index (χ4v) is 1.17. The Labute approximate surface area is 95.8 Å². The maximum absolute atomic E-state index is 5.45. The molecule has 1 aliphatic rings. The molecular weight excluding hydrogens is 171 g/mol. The molecule has 0 unspecified atom stereocenters. The van der Waals surface area contributed by atoms with E-state index in [1.54, 1.807) is 12.4 Å². The Morgan fingerprint density at radius 3 is 2.79 bits per heavy atom. The number of hydrogen-bond acceptors (Lipinski definition) is 3. The van der Waals surface area contributed by atoms with Gasteiger partial charge < -0.3 is 9.73 Å². The van der Waals surface area contributed by atoms with Crippen LogP contribution in [0.25, 0.3) is 0 Å². The first-order valence-electron chi connectivity index (χ1n) is 4.22. The maximum atomic E-state index is 5.45. The van der Waals surface area contributed by atoms with Crippen LogP contribution in [0.1, 0.15) is 19.4 Å². The van der Waals surface area contributed by atoms with Gasteiger partial charge in [-0.15, -0.1) is 11.6 Å². The molecule has 0 fully saturated rings. The summed E-state index contributed by atoms with van der Waals surface area (Å²) in [5.41, 5.74) is 0.771. The number of aromatic nitrogens is 1. The van der Waals surface area contributed by atoms with Crippen molar-refractivity contribution in [1.82, 2.24) is 4.98 Å². The van der Waals surface area contributed by atoms with Crippen molar-refractivity contribution in [3.63, 3.8) is 0 Å². The van der Waals surface area contributed by atoms with Crippen molar-refractivity contribution < 1.29 is 23.6 Å². The van der Waals surface area contributed by atoms with E-state index >= 15 is 0 Å². The van der Waals surface area contributed by atoms with Gasteiger partial charge in [0.05, 0.1) is 12.1 Å². The fourth-order valence-electron chi connectivity index (χ4n) is 1.17. The largest absolute Gasteiger partial charge is 1.00 e. The number of rotatable bonds is 1. The number of nitrogens with zero attached hydrogens (tertiary/aromatic N) is 2. The van der Waals surface area contributed by atoms with Crippen molar-refractivity contribution in [1.29, 1.82) is 0 Å². The minimum Gasteiger partial charge on any atom is -0.532 e. The molecule has 0 amide bonds. The van der Waals surface area contributed by atoms with Crippen LogP contribution < -0.4 is 18.9 Å². The molecule has 0 bridgehead atoms. The fraction of sp³-hybridized carbons (Fsp3) is 0.400. The van der Waals surface area contributed by atoms with E-state index in [2.05, 4.69) is 16.0 Å². The SMILES string of the molecule is CC1(C)COC(c2[c-]cncc2)=N1.[Li+]. The van der Waals surface area contributed by atoms with Gasteiger partial charge in [0.2, 0.25) is 0 Å². The van der Waals surface area contributed by atoms with Gasteiger partial charge in [0, 0.05) is 0 Å². The molecule has 1 aromatic rings. The van der Waals surface area contributed by atoms with Crippen LogP contribution in [-0.2, 0) is 4.74 Å². The topological polar surface area (TPSA) is 34.5 Å². The van der Waals surface area contributed by atoms with E-state index in [-0.39, 0.29) is 24.4 Å². The van der Waals surface area contributed by atoms with Crippen molar-refractivity contribution >= 4 is 5.90 Å². The van der Waals surface area contributed by atoms with E-state index in [1.807, 2.05) is 19.9 Å². The van der Waals surface area contributed by atoms with Crippen molar-refractivity contribution in [3.8, 4) is 0 Å². The average molecular weight is 182 g/mol. The molecule has 1 aromatic heterocycles. The maximum Gasteiger partial charge on any atom is 1.00 e. The van der Waals surface area contributed by atoms with Crippen LogP contribution in [0, 0.1) is 6.07 Å². The minimum absolute atomic E-state index is 0. The Morgan fingerprint density at radius 1 is 1.50 bits per heavy atom. The number of ether oxygens (including phenoxy) is 1. The van der Waals surface area contributed by atoms with Crippen LogP contribution in [-0.4, -0.2) is 23.0 Å². The van der Waals surface area contributed by atoms with Gasteiger partial charge in [0.15, 0.2) is 0 Å². The van der Waals surface area contributed by atoms with Crippen molar-refractivity contribution in [2.45, 2.75) is 19.4 Å². The first kappa shape index (κ1) is 11.3. The predicted octanol–water partition coefficient (Wildman–Crippen LogP) is -1.56. The summed E-state index contributed by atoms with van der Waals surface area (Å²) < 4.78 is 5.45. The Hall–Kier alpha value is -0.783. The molecule has 0 saturated carbocycles. The van der Waals surface area contributed by atoms with Gasteiger partial charge >= 0.3 is 18.9 Å². The molecule has 14 heavy (non-hydrogen) atoms. The van der Waals surface area contributed by atoms with Crippen molar-refractivity contribution in [2.75, 3.05) is 6.61 Å². The first-order chi connectivity index (χ1) is 6.17. The van der Waals surface area contributed by atoms with Crippen LogP contribution in [0.5, 0.6) is 0 Å². The Kier molecular flexibility index (Phi) is 3.36. The summed E-state index contributed by atoms with van der Waals surface area (Å²) in [4.78, 5) is 8.31.